The van der Waals surface area contributed by atoms with E-state index in [2.05, 4.69) is 42.5 Å². The highest BCUT2D eigenvalue weighted by molar-refractivity contribution is 7.98. The van der Waals surface area contributed by atoms with E-state index < -0.39 is 0 Å². The molecule has 62 valence electrons. The minimum atomic E-state index is 0.488. The lowest BCUT2D eigenvalue weighted by atomic mass is 9.97. The van der Waals surface area contributed by atoms with E-state index in [1.807, 2.05) is 0 Å². The number of benzene rings is 1. The summed E-state index contributed by atoms with van der Waals surface area (Å²) in [5.41, 5.74) is 2.63. The van der Waals surface area contributed by atoms with Gasteiger partial charge in [0.05, 0.1) is 0 Å². The minimum Gasteiger partial charge on any atom is -0.220 e. The summed E-state index contributed by atoms with van der Waals surface area (Å²) >= 11 is 1.59. The van der Waals surface area contributed by atoms with Gasteiger partial charge in [-0.2, -0.15) is 0 Å². The van der Waals surface area contributed by atoms with Gasteiger partial charge in [-0.15, -0.1) is 0 Å². The summed E-state index contributed by atoms with van der Waals surface area (Å²) in [5, 5.41) is 0. The van der Waals surface area contributed by atoms with Gasteiger partial charge in [-0.05, 0) is 18.6 Å². The SMILES string of the molecule is CC1=NSc2ccccc2C1C. The summed E-state index contributed by atoms with van der Waals surface area (Å²) in [6.45, 7) is 4.30. The zero-order valence-corrected chi connectivity index (χ0v) is 8.06. The Morgan fingerprint density at radius 2 is 2.08 bits per heavy atom. The van der Waals surface area contributed by atoms with Gasteiger partial charge in [0.15, 0.2) is 0 Å². The number of rotatable bonds is 0. The average molecular weight is 177 g/mol. The van der Waals surface area contributed by atoms with Crippen molar-refractivity contribution >= 4 is 17.7 Å². The molecule has 12 heavy (non-hydrogen) atoms. The molecule has 0 saturated heterocycles. The Morgan fingerprint density at radius 1 is 1.33 bits per heavy atom. The van der Waals surface area contributed by atoms with Crippen molar-refractivity contribution in [3.05, 3.63) is 29.8 Å². The summed E-state index contributed by atoms with van der Waals surface area (Å²) in [4.78, 5) is 1.30. The van der Waals surface area contributed by atoms with Crippen LogP contribution in [-0.2, 0) is 0 Å². The highest BCUT2D eigenvalue weighted by Crippen LogP contribution is 2.35. The van der Waals surface area contributed by atoms with Gasteiger partial charge in [0.1, 0.15) is 0 Å². The van der Waals surface area contributed by atoms with E-state index in [9.17, 15) is 0 Å². The Balaban J connectivity index is 2.49. The third-order valence-corrected chi connectivity index (χ3v) is 3.25. The molecule has 1 aliphatic heterocycles. The maximum atomic E-state index is 4.39. The standard InChI is InChI=1S/C10H11NS/c1-7-8(2)11-12-10-6-4-3-5-9(7)10/h3-7H,1-2H3. The molecular weight excluding hydrogens is 166 g/mol. The van der Waals surface area contributed by atoms with E-state index in [0.29, 0.717) is 5.92 Å². The van der Waals surface area contributed by atoms with E-state index in [0.717, 1.165) is 0 Å². The van der Waals surface area contributed by atoms with E-state index in [1.54, 1.807) is 11.9 Å². The summed E-state index contributed by atoms with van der Waals surface area (Å²) in [6.07, 6.45) is 0. The van der Waals surface area contributed by atoms with Crippen molar-refractivity contribution in [3.8, 4) is 0 Å². The zero-order valence-electron chi connectivity index (χ0n) is 7.24. The van der Waals surface area contributed by atoms with E-state index in [1.165, 1.54) is 16.2 Å². The Morgan fingerprint density at radius 3 is 2.92 bits per heavy atom. The molecule has 2 rings (SSSR count). The second-order valence-electron chi connectivity index (χ2n) is 3.08. The first-order chi connectivity index (χ1) is 5.79. The van der Waals surface area contributed by atoms with Crippen LogP contribution < -0.4 is 0 Å². The van der Waals surface area contributed by atoms with Crippen LogP contribution in [0.15, 0.2) is 33.6 Å². The topological polar surface area (TPSA) is 12.4 Å². The maximum Gasteiger partial charge on any atom is 0.0344 e. The summed E-state index contributed by atoms with van der Waals surface area (Å²) in [6, 6.07) is 8.47. The highest BCUT2D eigenvalue weighted by Gasteiger charge is 2.17. The zero-order chi connectivity index (χ0) is 8.55. The normalized spacial score (nSPS) is 21.5. The largest absolute Gasteiger partial charge is 0.220 e. The van der Waals surface area contributed by atoms with E-state index >= 15 is 0 Å². The molecule has 2 heteroatoms. The van der Waals surface area contributed by atoms with Gasteiger partial charge >= 0.3 is 0 Å². The average Bonchev–Trinajstić information content (AvgIpc) is 2.12. The molecule has 0 radical (unpaired) electrons. The fourth-order valence-electron chi connectivity index (χ4n) is 1.35. The molecule has 0 aliphatic carbocycles. The maximum absolute atomic E-state index is 4.39. The molecule has 1 heterocycles. The van der Waals surface area contributed by atoms with Gasteiger partial charge in [-0.1, -0.05) is 25.1 Å². The Bertz CT molecular complexity index is 330. The predicted molar refractivity (Wildman–Crippen MR) is 53.8 cm³/mol. The lowest BCUT2D eigenvalue weighted by Crippen LogP contribution is -2.08. The molecule has 0 fully saturated rings. The Hall–Kier alpha value is -0.760. The van der Waals surface area contributed by atoms with Crippen molar-refractivity contribution in [1.82, 2.24) is 0 Å². The molecule has 0 aromatic heterocycles. The third-order valence-electron chi connectivity index (χ3n) is 2.30. The molecule has 1 aliphatic rings. The van der Waals surface area contributed by atoms with Crippen LogP contribution in [0, 0.1) is 0 Å². The molecule has 0 spiro atoms. The molecule has 1 unspecified atom stereocenters. The summed E-state index contributed by atoms with van der Waals surface area (Å²) in [7, 11) is 0. The second kappa shape index (κ2) is 2.94. The van der Waals surface area contributed by atoms with Crippen LogP contribution in [0.2, 0.25) is 0 Å². The van der Waals surface area contributed by atoms with Crippen molar-refractivity contribution in [3.63, 3.8) is 0 Å². The summed E-state index contributed by atoms with van der Waals surface area (Å²) < 4.78 is 4.39. The van der Waals surface area contributed by atoms with Crippen LogP contribution in [0.3, 0.4) is 0 Å². The smallest absolute Gasteiger partial charge is 0.0344 e. The van der Waals surface area contributed by atoms with Gasteiger partial charge in [0.2, 0.25) is 0 Å². The third kappa shape index (κ3) is 1.16. The van der Waals surface area contributed by atoms with Crippen molar-refractivity contribution in [1.29, 1.82) is 0 Å². The van der Waals surface area contributed by atoms with Crippen LogP contribution >= 0.6 is 11.9 Å². The first-order valence-electron chi connectivity index (χ1n) is 4.09. The molecule has 0 saturated carbocycles. The van der Waals surface area contributed by atoms with Crippen LogP contribution in [0.4, 0.5) is 0 Å². The lowest BCUT2D eigenvalue weighted by molar-refractivity contribution is 0.968. The molecular formula is C10H11NS. The van der Waals surface area contributed by atoms with Gasteiger partial charge < -0.3 is 0 Å². The predicted octanol–water partition coefficient (Wildman–Crippen LogP) is 3.27. The quantitative estimate of drug-likeness (QED) is 0.554. The number of fused-ring (bicyclic) bond motifs is 1. The van der Waals surface area contributed by atoms with Gasteiger partial charge in [0.25, 0.3) is 0 Å². The first kappa shape index (κ1) is 7.87. The number of hydrogen-bond donors (Lipinski definition) is 0. The molecule has 1 atom stereocenters. The molecule has 1 aromatic rings. The minimum absolute atomic E-state index is 0.488. The van der Waals surface area contributed by atoms with Gasteiger partial charge in [-0.25, -0.2) is 4.40 Å². The molecule has 1 nitrogen and oxygen atoms in total. The highest BCUT2D eigenvalue weighted by atomic mass is 32.2. The van der Waals surface area contributed by atoms with Crippen molar-refractivity contribution in [2.75, 3.05) is 0 Å². The van der Waals surface area contributed by atoms with Crippen molar-refractivity contribution < 1.29 is 0 Å². The lowest BCUT2D eigenvalue weighted by Gasteiger charge is -2.19. The van der Waals surface area contributed by atoms with E-state index in [-0.39, 0.29) is 0 Å². The van der Waals surface area contributed by atoms with Crippen LogP contribution in [0.1, 0.15) is 25.3 Å². The Labute approximate surface area is 77.0 Å². The van der Waals surface area contributed by atoms with Crippen LogP contribution in [0.25, 0.3) is 0 Å². The van der Waals surface area contributed by atoms with E-state index in [4.69, 9.17) is 0 Å². The van der Waals surface area contributed by atoms with Crippen molar-refractivity contribution in [2.24, 2.45) is 4.40 Å². The molecule has 0 N–H and O–H groups in total. The molecule has 0 bridgehead atoms. The molecule has 1 aromatic carbocycles. The fraction of sp³-hybridized carbons (Fsp3) is 0.300. The number of nitrogens with zero attached hydrogens (tertiary/aromatic N) is 1. The second-order valence-corrected chi connectivity index (χ2v) is 3.89. The van der Waals surface area contributed by atoms with Crippen LogP contribution in [0.5, 0.6) is 0 Å². The van der Waals surface area contributed by atoms with Gasteiger partial charge in [-0.3, -0.25) is 0 Å². The van der Waals surface area contributed by atoms with Crippen LogP contribution in [-0.4, -0.2) is 5.71 Å². The Kier molecular flexibility index (Phi) is 1.93. The fourth-order valence-corrected chi connectivity index (χ4v) is 2.24. The molecule has 0 amide bonds. The first-order valence-corrected chi connectivity index (χ1v) is 4.87. The van der Waals surface area contributed by atoms with Crippen molar-refractivity contribution in [2.45, 2.75) is 24.7 Å². The summed E-state index contributed by atoms with van der Waals surface area (Å²) in [5.74, 6) is 0.488. The van der Waals surface area contributed by atoms with Gasteiger partial charge in [0, 0.05) is 28.5 Å². The monoisotopic (exact) mass is 177 g/mol. The number of hydrogen-bond acceptors (Lipinski definition) is 2.